The largest absolute Gasteiger partial charge is 0.481 e. The Morgan fingerprint density at radius 3 is 2.61 bits per heavy atom. The van der Waals surface area contributed by atoms with Crippen molar-refractivity contribution in [3.05, 3.63) is 0 Å². The molecular weight excluding hydrogens is 352 g/mol. The number of ketones is 1. The molecule has 0 amide bonds. The normalized spacial score (nSPS) is 49.1. The molecule has 28 heavy (non-hydrogen) atoms. The number of carboxylic acid groups (broad SMARTS) is 1. The minimum atomic E-state index is -0.729. The maximum atomic E-state index is 13.6. The van der Waals surface area contributed by atoms with Gasteiger partial charge in [0.15, 0.2) is 0 Å². The van der Waals surface area contributed by atoms with Crippen molar-refractivity contribution < 1.29 is 19.8 Å². The van der Waals surface area contributed by atoms with Gasteiger partial charge in [-0.1, -0.05) is 20.8 Å². The van der Waals surface area contributed by atoms with Gasteiger partial charge in [-0.3, -0.25) is 9.59 Å². The van der Waals surface area contributed by atoms with E-state index in [-0.39, 0.29) is 23.4 Å². The quantitative estimate of drug-likeness (QED) is 0.730. The van der Waals surface area contributed by atoms with E-state index in [0.717, 1.165) is 32.1 Å². The smallest absolute Gasteiger partial charge is 0.303 e. The fourth-order valence-electron chi connectivity index (χ4n) is 8.44. The van der Waals surface area contributed by atoms with Crippen LogP contribution >= 0.6 is 0 Å². The molecular formula is C24H38O4. The van der Waals surface area contributed by atoms with Crippen LogP contribution in [-0.2, 0) is 9.59 Å². The van der Waals surface area contributed by atoms with Gasteiger partial charge in [0.2, 0.25) is 0 Å². The Bertz CT molecular complexity index is 645. The molecule has 4 heteroatoms. The highest BCUT2D eigenvalue weighted by molar-refractivity contribution is 5.87. The van der Waals surface area contributed by atoms with E-state index in [1.807, 2.05) is 0 Å². The summed E-state index contributed by atoms with van der Waals surface area (Å²) >= 11 is 0. The number of aliphatic hydroxyl groups excluding tert-OH is 1. The van der Waals surface area contributed by atoms with E-state index in [2.05, 4.69) is 20.8 Å². The molecule has 4 rings (SSSR count). The number of aliphatic carboxylic acids is 1. The molecule has 0 saturated heterocycles. The third kappa shape index (κ3) is 2.97. The van der Waals surface area contributed by atoms with Crippen molar-refractivity contribution in [3.8, 4) is 0 Å². The fourth-order valence-corrected chi connectivity index (χ4v) is 8.44. The lowest BCUT2D eigenvalue weighted by molar-refractivity contribution is -0.160. The molecule has 0 bridgehead atoms. The number of fused-ring (bicyclic) bond motifs is 5. The summed E-state index contributed by atoms with van der Waals surface area (Å²) < 4.78 is 0. The van der Waals surface area contributed by atoms with Crippen molar-refractivity contribution in [1.29, 1.82) is 0 Å². The van der Waals surface area contributed by atoms with E-state index in [9.17, 15) is 14.7 Å². The average Bonchev–Trinajstić information content (AvgIpc) is 3.00. The van der Waals surface area contributed by atoms with Gasteiger partial charge in [-0.25, -0.2) is 0 Å². The van der Waals surface area contributed by atoms with Crippen LogP contribution in [0.1, 0.15) is 85.0 Å². The third-order valence-corrected chi connectivity index (χ3v) is 10.1. The summed E-state index contributed by atoms with van der Waals surface area (Å²) in [7, 11) is 0. The average molecular weight is 391 g/mol. The number of carbonyl (C=O) groups is 2. The summed E-state index contributed by atoms with van der Waals surface area (Å²) in [5.41, 5.74) is -0.0391. The number of rotatable bonds is 4. The standard InChI is InChI=1S/C24H38O4/c1-14(4-9-22(27)28)18-7-8-19-17-6-5-15-12-16(25)10-11-23(15,2)20(17)13-21(26)24(18,19)3/h14-20,25H,4-13H2,1-3H3,(H,27,28)/t14-,15+,16-,17-,18+,19-,20+,23-,24+/m0/s1. The first kappa shape index (κ1) is 20.4. The predicted octanol–water partition coefficient (Wildman–Crippen LogP) is 4.69. The first-order valence-electron chi connectivity index (χ1n) is 11.6. The second-order valence-corrected chi connectivity index (χ2v) is 11.1. The van der Waals surface area contributed by atoms with Crippen molar-refractivity contribution in [1.82, 2.24) is 0 Å². The zero-order valence-electron chi connectivity index (χ0n) is 17.8. The topological polar surface area (TPSA) is 74.6 Å². The molecule has 0 radical (unpaired) electrons. The van der Waals surface area contributed by atoms with Gasteiger partial charge >= 0.3 is 5.97 Å². The molecule has 0 aromatic carbocycles. The lowest BCUT2D eigenvalue weighted by Gasteiger charge is -2.60. The van der Waals surface area contributed by atoms with Gasteiger partial charge in [-0.15, -0.1) is 0 Å². The Labute approximate surface area is 169 Å². The number of hydrogen-bond acceptors (Lipinski definition) is 3. The molecule has 158 valence electrons. The maximum absolute atomic E-state index is 13.6. The van der Waals surface area contributed by atoms with Gasteiger partial charge in [-0.2, -0.15) is 0 Å². The van der Waals surface area contributed by atoms with E-state index in [0.29, 0.717) is 54.1 Å². The Balaban J connectivity index is 1.57. The molecule has 4 fully saturated rings. The van der Waals surface area contributed by atoms with Crippen LogP contribution in [0, 0.1) is 46.3 Å². The van der Waals surface area contributed by atoms with Gasteiger partial charge in [0.1, 0.15) is 5.78 Å². The molecule has 0 aromatic heterocycles. The molecule has 0 unspecified atom stereocenters. The summed E-state index contributed by atoms with van der Waals surface area (Å²) in [4.78, 5) is 24.7. The summed E-state index contributed by atoms with van der Waals surface area (Å²) in [5, 5.41) is 19.3. The second-order valence-electron chi connectivity index (χ2n) is 11.1. The first-order chi connectivity index (χ1) is 13.2. The highest BCUT2D eigenvalue weighted by Crippen LogP contribution is 2.67. The van der Waals surface area contributed by atoms with Crippen LogP contribution in [-0.4, -0.2) is 28.1 Å². The zero-order valence-corrected chi connectivity index (χ0v) is 17.8. The Hall–Kier alpha value is -0.900. The number of hydrogen-bond donors (Lipinski definition) is 2. The molecule has 0 spiro atoms. The summed E-state index contributed by atoms with van der Waals surface area (Å²) in [5.74, 6) is 2.52. The number of carbonyl (C=O) groups excluding carboxylic acids is 1. The van der Waals surface area contributed by atoms with Crippen molar-refractivity contribution in [2.45, 2.75) is 91.1 Å². The van der Waals surface area contributed by atoms with Crippen molar-refractivity contribution in [3.63, 3.8) is 0 Å². The first-order valence-corrected chi connectivity index (χ1v) is 11.6. The van der Waals surface area contributed by atoms with Crippen LogP contribution in [0.2, 0.25) is 0 Å². The molecule has 4 nitrogen and oxygen atoms in total. The highest BCUT2D eigenvalue weighted by Gasteiger charge is 2.63. The highest BCUT2D eigenvalue weighted by atomic mass is 16.4. The van der Waals surface area contributed by atoms with Crippen LogP contribution in [0.4, 0.5) is 0 Å². The van der Waals surface area contributed by atoms with Crippen molar-refractivity contribution in [2.24, 2.45) is 46.3 Å². The van der Waals surface area contributed by atoms with Crippen molar-refractivity contribution in [2.75, 3.05) is 0 Å². The van der Waals surface area contributed by atoms with Crippen molar-refractivity contribution >= 4 is 11.8 Å². The van der Waals surface area contributed by atoms with E-state index in [1.165, 1.54) is 12.8 Å². The Morgan fingerprint density at radius 1 is 1.14 bits per heavy atom. The Morgan fingerprint density at radius 2 is 1.89 bits per heavy atom. The zero-order chi connectivity index (χ0) is 20.3. The van der Waals surface area contributed by atoms with Crippen LogP contribution in [0.3, 0.4) is 0 Å². The lowest BCUT2D eigenvalue weighted by atomic mass is 9.44. The van der Waals surface area contributed by atoms with Crippen LogP contribution in [0.25, 0.3) is 0 Å². The minimum absolute atomic E-state index is 0.148. The SMILES string of the molecule is C[C@@H](CCC(=O)O)[C@H]1CC[C@H]2[C@@H]3CC[C@@H]4C[C@@H](O)CC[C@]4(C)[C@@H]3CC(=O)[C@]12C. The number of Topliss-reactive ketones (excluding diaryl/α,β-unsaturated/α-hetero) is 1. The van der Waals surface area contributed by atoms with Gasteiger partial charge < -0.3 is 10.2 Å². The van der Waals surface area contributed by atoms with E-state index >= 15 is 0 Å². The summed E-state index contributed by atoms with van der Waals surface area (Å²) in [6.45, 7) is 6.81. The minimum Gasteiger partial charge on any atom is -0.481 e. The molecule has 0 aliphatic heterocycles. The number of carboxylic acids is 1. The Kier molecular flexibility index (Phi) is 5.17. The van der Waals surface area contributed by atoms with Crippen LogP contribution in [0.15, 0.2) is 0 Å². The van der Waals surface area contributed by atoms with Gasteiger partial charge in [0, 0.05) is 18.3 Å². The van der Waals surface area contributed by atoms with E-state index < -0.39 is 5.97 Å². The molecule has 0 heterocycles. The van der Waals surface area contributed by atoms with Gasteiger partial charge in [0.25, 0.3) is 0 Å². The molecule has 0 aromatic rings. The molecule has 9 atom stereocenters. The van der Waals surface area contributed by atoms with E-state index in [1.54, 1.807) is 0 Å². The molecule has 4 saturated carbocycles. The second kappa shape index (κ2) is 7.11. The lowest BCUT2D eigenvalue weighted by Crippen LogP contribution is -2.57. The van der Waals surface area contributed by atoms with Gasteiger partial charge in [-0.05, 0) is 92.3 Å². The number of aliphatic hydroxyl groups is 1. The summed E-state index contributed by atoms with van der Waals surface area (Å²) in [6.07, 6.45) is 8.96. The monoisotopic (exact) mass is 390 g/mol. The summed E-state index contributed by atoms with van der Waals surface area (Å²) in [6, 6.07) is 0. The van der Waals surface area contributed by atoms with Gasteiger partial charge in [0.05, 0.1) is 6.10 Å². The molecule has 2 N–H and O–H groups in total. The maximum Gasteiger partial charge on any atom is 0.303 e. The molecule has 4 aliphatic carbocycles. The van der Waals surface area contributed by atoms with Crippen LogP contribution < -0.4 is 0 Å². The van der Waals surface area contributed by atoms with Crippen LogP contribution in [0.5, 0.6) is 0 Å². The van der Waals surface area contributed by atoms with E-state index in [4.69, 9.17) is 5.11 Å². The molecule has 4 aliphatic rings. The predicted molar refractivity (Wildman–Crippen MR) is 108 cm³/mol. The fraction of sp³-hybridized carbons (Fsp3) is 0.917. The third-order valence-electron chi connectivity index (χ3n) is 10.1.